The molecule has 4 nitrogen and oxygen atoms in total. The molecule has 144 valence electrons. The Morgan fingerprint density at radius 3 is 2.30 bits per heavy atom. The van der Waals surface area contributed by atoms with Gasteiger partial charge < -0.3 is 15.1 Å². The van der Waals surface area contributed by atoms with Crippen molar-refractivity contribution < 1.29 is 28.2 Å². The Balaban J connectivity index is 1.64. The summed E-state index contributed by atoms with van der Waals surface area (Å²) in [4.78, 5) is 13.9. The average molecular weight is 379 g/mol. The third-order valence-corrected chi connectivity index (χ3v) is 4.97. The molecule has 2 aromatic rings. The topological polar surface area (TPSA) is 60.8 Å². The number of piperidine rings is 1. The summed E-state index contributed by atoms with van der Waals surface area (Å²) in [7, 11) is 0. The van der Waals surface area contributed by atoms with E-state index in [1.807, 2.05) is 6.07 Å². The van der Waals surface area contributed by atoms with Crippen molar-refractivity contribution in [1.29, 1.82) is 0 Å². The van der Waals surface area contributed by atoms with Crippen molar-refractivity contribution in [3.8, 4) is 0 Å². The maximum absolute atomic E-state index is 12.6. The van der Waals surface area contributed by atoms with Crippen molar-refractivity contribution in [3.05, 3.63) is 71.3 Å². The van der Waals surface area contributed by atoms with Crippen LogP contribution in [-0.2, 0) is 23.0 Å². The first-order chi connectivity index (χ1) is 12.7. The standard InChI is InChI=1S/C20H20F3NO3/c21-20(22,23)16-8-6-14(7-9-16)12-18(26)24-11-10-19(27,17(25)13-24)15-4-2-1-3-5-15/h1-9,17,25,27H,10-13H2/t17-,19-/m0/s1. The molecule has 0 radical (unpaired) electrons. The summed E-state index contributed by atoms with van der Waals surface area (Å²) in [5, 5.41) is 21.2. The zero-order valence-corrected chi connectivity index (χ0v) is 14.5. The Hall–Kier alpha value is -2.38. The first-order valence-corrected chi connectivity index (χ1v) is 8.60. The number of amides is 1. The van der Waals surface area contributed by atoms with E-state index < -0.39 is 23.4 Å². The highest BCUT2D eigenvalue weighted by atomic mass is 19.4. The van der Waals surface area contributed by atoms with Gasteiger partial charge >= 0.3 is 6.18 Å². The molecule has 2 aromatic carbocycles. The molecule has 27 heavy (non-hydrogen) atoms. The summed E-state index contributed by atoms with van der Waals surface area (Å²) in [6.07, 6.45) is -5.45. The Bertz CT molecular complexity index is 792. The van der Waals surface area contributed by atoms with Crippen molar-refractivity contribution in [2.45, 2.75) is 30.7 Å². The monoisotopic (exact) mass is 379 g/mol. The van der Waals surface area contributed by atoms with Crippen LogP contribution in [0.25, 0.3) is 0 Å². The van der Waals surface area contributed by atoms with Gasteiger partial charge in [-0.1, -0.05) is 42.5 Å². The minimum absolute atomic E-state index is 0.0368. The Labute approximate surface area is 154 Å². The molecule has 1 amide bonds. The van der Waals surface area contributed by atoms with Gasteiger partial charge in [-0.15, -0.1) is 0 Å². The van der Waals surface area contributed by atoms with E-state index in [4.69, 9.17) is 0 Å². The highest BCUT2D eigenvalue weighted by Gasteiger charge is 2.43. The first kappa shape index (κ1) is 19.4. The van der Waals surface area contributed by atoms with Gasteiger partial charge in [0.1, 0.15) is 11.7 Å². The second-order valence-corrected chi connectivity index (χ2v) is 6.77. The summed E-state index contributed by atoms with van der Waals surface area (Å²) in [5.41, 5.74) is -1.13. The van der Waals surface area contributed by atoms with Crippen LogP contribution in [0.1, 0.15) is 23.1 Å². The third-order valence-electron chi connectivity index (χ3n) is 4.97. The number of hydrogen-bond acceptors (Lipinski definition) is 3. The predicted octanol–water partition coefficient (Wildman–Crippen LogP) is 2.73. The first-order valence-electron chi connectivity index (χ1n) is 8.60. The molecule has 2 atom stereocenters. The van der Waals surface area contributed by atoms with Gasteiger partial charge in [-0.25, -0.2) is 0 Å². The van der Waals surface area contributed by atoms with E-state index in [9.17, 15) is 28.2 Å². The number of likely N-dealkylation sites (tertiary alicyclic amines) is 1. The Kier molecular flexibility index (Phi) is 5.26. The second-order valence-electron chi connectivity index (χ2n) is 6.77. The highest BCUT2D eigenvalue weighted by Crippen LogP contribution is 2.33. The van der Waals surface area contributed by atoms with Gasteiger partial charge in [-0.05, 0) is 23.3 Å². The zero-order valence-electron chi connectivity index (χ0n) is 14.5. The molecular weight excluding hydrogens is 359 g/mol. The van der Waals surface area contributed by atoms with Crippen LogP contribution in [0.2, 0.25) is 0 Å². The maximum Gasteiger partial charge on any atom is 0.416 e. The van der Waals surface area contributed by atoms with Gasteiger partial charge in [0.2, 0.25) is 5.91 Å². The molecular formula is C20H20F3NO3. The normalized spacial score (nSPS) is 23.3. The average Bonchev–Trinajstić information content (AvgIpc) is 2.64. The lowest BCUT2D eigenvalue weighted by molar-refractivity contribution is -0.151. The fourth-order valence-electron chi connectivity index (χ4n) is 3.31. The summed E-state index contributed by atoms with van der Waals surface area (Å²) >= 11 is 0. The summed E-state index contributed by atoms with van der Waals surface area (Å²) in [6.45, 7) is 0.215. The lowest BCUT2D eigenvalue weighted by Crippen LogP contribution is -2.55. The van der Waals surface area contributed by atoms with Gasteiger partial charge in [-0.3, -0.25) is 4.79 Å². The summed E-state index contributed by atoms with van der Waals surface area (Å²) in [5.74, 6) is -0.302. The molecule has 1 aliphatic heterocycles. The molecule has 0 saturated carbocycles. The molecule has 0 unspecified atom stereocenters. The number of rotatable bonds is 3. The Morgan fingerprint density at radius 2 is 1.74 bits per heavy atom. The Morgan fingerprint density at radius 1 is 1.11 bits per heavy atom. The van der Waals surface area contributed by atoms with Crippen LogP contribution in [0.5, 0.6) is 0 Å². The van der Waals surface area contributed by atoms with Crippen LogP contribution in [0.4, 0.5) is 13.2 Å². The number of aliphatic hydroxyl groups excluding tert-OH is 1. The van der Waals surface area contributed by atoms with E-state index >= 15 is 0 Å². The molecule has 0 aliphatic carbocycles. The van der Waals surface area contributed by atoms with E-state index in [0.717, 1.165) is 12.1 Å². The molecule has 1 saturated heterocycles. The van der Waals surface area contributed by atoms with Gasteiger partial charge in [0.15, 0.2) is 0 Å². The van der Waals surface area contributed by atoms with Gasteiger partial charge in [0, 0.05) is 19.5 Å². The van der Waals surface area contributed by atoms with Crippen molar-refractivity contribution in [2.75, 3.05) is 13.1 Å². The number of carbonyl (C=O) groups excluding carboxylic acids is 1. The molecule has 0 aromatic heterocycles. The molecule has 2 N–H and O–H groups in total. The number of nitrogens with zero attached hydrogens (tertiary/aromatic N) is 1. The summed E-state index contributed by atoms with van der Waals surface area (Å²) < 4.78 is 37.8. The van der Waals surface area contributed by atoms with Crippen LogP contribution in [0.15, 0.2) is 54.6 Å². The van der Waals surface area contributed by atoms with Crippen molar-refractivity contribution in [1.82, 2.24) is 4.90 Å². The molecule has 0 spiro atoms. The summed E-state index contributed by atoms with van der Waals surface area (Å²) in [6, 6.07) is 13.2. The number of halogens is 3. The number of β-amino-alcohol motifs (C(OH)–C–C–N with tert-alkyl or cyclic N) is 1. The molecule has 3 rings (SSSR count). The fraction of sp³-hybridized carbons (Fsp3) is 0.350. The van der Waals surface area contributed by atoms with Crippen LogP contribution in [-0.4, -0.2) is 40.2 Å². The van der Waals surface area contributed by atoms with Crippen LogP contribution >= 0.6 is 0 Å². The van der Waals surface area contributed by atoms with Gasteiger partial charge in [-0.2, -0.15) is 13.2 Å². The minimum atomic E-state index is -4.42. The van der Waals surface area contributed by atoms with E-state index in [1.165, 1.54) is 17.0 Å². The zero-order chi connectivity index (χ0) is 19.7. The molecule has 0 bridgehead atoms. The van der Waals surface area contributed by atoms with E-state index in [2.05, 4.69) is 0 Å². The fourth-order valence-corrected chi connectivity index (χ4v) is 3.31. The lowest BCUT2D eigenvalue weighted by Gasteiger charge is -2.42. The van der Waals surface area contributed by atoms with Crippen LogP contribution < -0.4 is 0 Å². The van der Waals surface area contributed by atoms with E-state index in [-0.39, 0.29) is 31.8 Å². The molecule has 7 heteroatoms. The van der Waals surface area contributed by atoms with Gasteiger partial charge in [0.05, 0.1) is 12.0 Å². The third kappa shape index (κ3) is 4.14. The van der Waals surface area contributed by atoms with E-state index in [1.54, 1.807) is 24.3 Å². The maximum atomic E-state index is 12.6. The van der Waals surface area contributed by atoms with Gasteiger partial charge in [0.25, 0.3) is 0 Å². The molecule has 1 aliphatic rings. The van der Waals surface area contributed by atoms with Crippen LogP contribution in [0.3, 0.4) is 0 Å². The largest absolute Gasteiger partial charge is 0.416 e. The number of carbonyl (C=O) groups is 1. The van der Waals surface area contributed by atoms with E-state index in [0.29, 0.717) is 11.1 Å². The number of hydrogen-bond donors (Lipinski definition) is 2. The molecule has 1 heterocycles. The predicted molar refractivity (Wildman–Crippen MR) is 92.7 cm³/mol. The van der Waals surface area contributed by atoms with Crippen molar-refractivity contribution in [2.24, 2.45) is 0 Å². The quantitative estimate of drug-likeness (QED) is 0.862. The minimum Gasteiger partial charge on any atom is -0.388 e. The van der Waals surface area contributed by atoms with Crippen LogP contribution in [0, 0.1) is 0 Å². The SMILES string of the molecule is O=C(Cc1ccc(C(F)(F)F)cc1)N1CC[C@](O)(c2ccccc2)[C@@H](O)C1. The smallest absolute Gasteiger partial charge is 0.388 e. The second kappa shape index (κ2) is 7.32. The molecule has 1 fully saturated rings. The number of alkyl halides is 3. The van der Waals surface area contributed by atoms with Crippen molar-refractivity contribution >= 4 is 5.91 Å². The highest BCUT2D eigenvalue weighted by molar-refractivity contribution is 5.79. The number of aliphatic hydroxyl groups is 2. The number of benzene rings is 2. The van der Waals surface area contributed by atoms with Crippen molar-refractivity contribution in [3.63, 3.8) is 0 Å². The lowest BCUT2D eigenvalue weighted by atomic mass is 9.82.